The first-order chi connectivity index (χ1) is 7.69. The van der Waals surface area contributed by atoms with Gasteiger partial charge in [-0.05, 0) is 25.7 Å². The molecule has 0 spiro atoms. The van der Waals surface area contributed by atoms with Gasteiger partial charge in [-0.1, -0.05) is 13.0 Å². The van der Waals surface area contributed by atoms with Crippen molar-refractivity contribution in [2.24, 2.45) is 0 Å². The Kier molecular flexibility index (Phi) is 4.92. The fourth-order valence-corrected chi connectivity index (χ4v) is 1.42. The number of nitrogens with one attached hydrogen (secondary N) is 1. The first-order valence-electron chi connectivity index (χ1n) is 5.54. The Morgan fingerprint density at radius 1 is 1.44 bits per heavy atom. The molecule has 1 aromatic rings. The third-order valence-electron chi connectivity index (χ3n) is 2.63. The lowest BCUT2D eigenvalue weighted by Gasteiger charge is -2.16. The van der Waals surface area contributed by atoms with Crippen molar-refractivity contribution < 1.29 is 4.74 Å². The number of anilines is 2. The van der Waals surface area contributed by atoms with Crippen molar-refractivity contribution in [2.45, 2.75) is 6.92 Å². The molecule has 0 aliphatic heterocycles. The summed E-state index contributed by atoms with van der Waals surface area (Å²) in [5, 5.41) is 3.31. The lowest BCUT2D eigenvalue weighted by atomic mass is 10.2. The molecule has 0 aliphatic rings. The summed E-state index contributed by atoms with van der Waals surface area (Å²) < 4.78 is 5.16. The molecule has 1 aromatic carbocycles. The molecule has 3 N–H and O–H groups in total. The predicted molar refractivity (Wildman–Crippen MR) is 69.1 cm³/mol. The summed E-state index contributed by atoms with van der Waals surface area (Å²) in [7, 11) is 3.72. The SMILES string of the molecule is CCN(C)CCNc1cccc(OC)c1N. The zero-order valence-electron chi connectivity index (χ0n) is 10.3. The van der Waals surface area contributed by atoms with Crippen LogP contribution in [0.25, 0.3) is 0 Å². The van der Waals surface area contributed by atoms with Crippen LogP contribution in [0.1, 0.15) is 6.92 Å². The number of likely N-dealkylation sites (N-methyl/N-ethyl adjacent to an activating group) is 1. The normalized spacial score (nSPS) is 10.5. The van der Waals surface area contributed by atoms with Gasteiger partial charge in [0.2, 0.25) is 0 Å². The molecule has 0 fully saturated rings. The number of hydrogen-bond donors (Lipinski definition) is 2. The Bertz CT molecular complexity index is 328. The second-order valence-electron chi connectivity index (χ2n) is 3.74. The fraction of sp³-hybridized carbons (Fsp3) is 0.500. The molecule has 0 aliphatic carbocycles. The second kappa shape index (κ2) is 6.23. The summed E-state index contributed by atoms with van der Waals surface area (Å²) in [6, 6.07) is 5.75. The number of benzene rings is 1. The highest BCUT2D eigenvalue weighted by Gasteiger charge is 2.04. The van der Waals surface area contributed by atoms with Gasteiger partial charge in [0.25, 0.3) is 0 Å². The third-order valence-corrected chi connectivity index (χ3v) is 2.63. The van der Waals surface area contributed by atoms with Crippen LogP contribution in [0.2, 0.25) is 0 Å². The minimum atomic E-state index is 0.671. The van der Waals surface area contributed by atoms with Crippen molar-refractivity contribution in [1.82, 2.24) is 4.90 Å². The average Bonchev–Trinajstić information content (AvgIpc) is 2.31. The van der Waals surface area contributed by atoms with E-state index in [0.29, 0.717) is 11.4 Å². The topological polar surface area (TPSA) is 50.5 Å². The molecule has 0 unspecified atom stereocenters. The van der Waals surface area contributed by atoms with Crippen LogP contribution in [-0.4, -0.2) is 38.7 Å². The highest BCUT2D eigenvalue weighted by molar-refractivity contribution is 5.72. The molecule has 0 saturated heterocycles. The van der Waals surface area contributed by atoms with Crippen LogP contribution >= 0.6 is 0 Å². The van der Waals surface area contributed by atoms with Crippen LogP contribution in [0, 0.1) is 0 Å². The zero-order chi connectivity index (χ0) is 12.0. The van der Waals surface area contributed by atoms with Crippen molar-refractivity contribution in [3.05, 3.63) is 18.2 Å². The highest BCUT2D eigenvalue weighted by atomic mass is 16.5. The summed E-state index contributed by atoms with van der Waals surface area (Å²) in [6.07, 6.45) is 0. The van der Waals surface area contributed by atoms with Gasteiger partial charge >= 0.3 is 0 Å². The van der Waals surface area contributed by atoms with E-state index >= 15 is 0 Å². The zero-order valence-corrected chi connectivity index (χ0v) is 10.3. The summed E-state index contributed by atoms with van der Waals surface area (Å²) >= 11 is 0. The predicted octanol–water partition coefficient (Wildman–Crippen LogP) is 1.64. The first kappa shape index (κ1) is 12.6. The maximum atomic E-state index is 5.94. The van der Waals surface area contributed by atoms with E-state index in [-0.39, 0.29) is 0 Å². The highest BCUT2D eigenvalue weighted by Crippen LogP contribution is 2.28. The van der Waals surface area contributed by atoms with Crippen molar-refractivity contribution in [3.63, 3.8) is 0 Å². The number of methoxy groups -OCH3 is 1. The van der Waals surface area contributed by atoms with E-state index < -0.39 is 0 Å². The Balaban J connectivity index is 2.54. The molecule has 0 radical (unpaired) electrons. The molecule has 0 aromatic heterocycles. The largest absolute Gasteiger partial charge is 0.495 e. The summed E-state index contributed by atoms with van der Waals surface area (Å²) in [5.74, 6) is 0.717. The molecule has 0 atom stereocenters. The number of rotatable bonds is 6. The molecular formula is C12H21N3O. The van der Waals surface area contributed by atoms with Crippen molar-refractivity contribution >= 4 is 11.4 Å². The van der Waals surface area contributed by atoms with Crippen LogP contribution in [0.3, 0.4) is 0 Å². The Labute approximate surface area is 97.4 Å². The maximum Gasteiger partial charge on any atom is 0.143 e. The van der Waals surface area contributed by atoms with Crippen LogP contribution in [0.15, 0.2) is 18.2 Å². The molecule has 90 valence electrons. The van der Waals surface area contributed by atoms with Gasteiger partial charge in [-0.25, -0.2) is 0 Å². The number of nitrogens with zero attached hydrogens (tertiary/aromatic N) is 1. The van der Waals surface area contributed by atoms with Crippen LogP contribution in [0.4, 0.5) is 11.4 Å². The van der Waals surface area contributed by atoms with Gasteiger partial charge in [0.1, 0.15) is 5.75 Å². The van der Waals surface area contributed by atoms with Gasteiger partial charge < -0.3 is 20.7 Å². The summed E-state index contributed by atoms with van der Waals surface area (Å²) in [5.41, 5.74) is 7.55. The van der Waals surface area contributed by atoms with Gasteiger partial charge in [-0.15, -0.1) is 0 Å². The molecule has 0 amide bonds. The molecule has 16 heavy (non-hydrogen) atoms. The molecule has 4 heteroatoms. The fourth-order valence-electron chi connectivity index (χ4n) is 1.42. The van der Waals surface area contributed by atoms with Gasteiger partial charge in [0.15, 0.2) is 0 Å². The molecule has 4 nitrogen and oxygen atoms in total. The van der Waals surface area contributed by atoms with Gasteiger partial charge in [0.05, 0.1) is 18.5 Å². The second-order valence-corrected chi connectivity index (χ2v) is 3.74. The minimum Gasteiger partial charge on any atom is -0.495 e. The van der Waals surface area contributed by atoms with Crippen molar-refractivity contribution in [2.75, 3.05) is 44.8 Å². The number of nitrogen functional groups attached to an aromatic ring is 1. The molecule has 0 bridgehead atoms. The monoisotopic (exact) mass is 223 g/mol. The van der Waals surface area contributed by atoms with Crippen LogP contribution in [0.5, 0.6) is 5.75 Å². The number of nitrogens with two attached hydrogens (primary N) is 1. The standard InChI is InChI=1S/C12H21N3O/c1-4-15(2)9-8-14-10-6-5-7-11(16-3)12(10)13/h5-7,14H,4,8-9,13H2,1-3H3. The third kappa shape index (κ3) is 3.31. The molecule has 1 rings (SSSR count). The van der Waals surface area contributed by atoms with E-state index in [0.717, 1.165) is 25.3 Å². The van der Waals surface area contributed by atoms with Crippen LogP contribution in [-0.2, 0) is 0 Å². The van der Waals surface area contributed by atoms with Crippen molar-refractivity contribution in [1.29, 1.82) is 0 Å². The summed E-state index contributed by atoms with van der Waals surface area (Å²) in [6.45, 7) is 5.06. The average molecular weight is 223 g/mol. The number of hydrogen-bond acceptors (Lipinski definition) is 4. The minimum absolute atomic E-state index is 0.671. The lowest BCUT2D eigenvalue weighted by molar-refractivity contribution is 0.367. The van der Waals surface area contributed by atoms with Crippen molar-refractivity contribution in [3.8, 4) is 5.75 Å². The van der Waals surface area contributed by atoms with E-state index in [1.54, 1.807) is 7.11 Å². The Hall–Kier alpha value is -1.42. The molecule has 0 heterocycles. The van der Waals surface area contributed by atoms with Gasteiger partial charge in [-0.2, -0.15) is 0 Å². The van der Waals surface area contributed by atoms with Gasteiger partial charge in [0, 0.05) is 13.1 Å². The van der Waals surface area contributed by atoms with E-state index in [1.807, 2.05) is 18.2 Å². The number of para-hydroxylation sites is 1. The first-order valence-corrected chi connectivity index (χ1v) is 5.54. The van der Waals surface area contributed by atoms with E-state index in [9.17, 15) is 0 Å². The van der Waals surface area contributed by atoms with Gasteiger partial charge in [-0.3, -0.25) is 0 Å². The van der Waals surface area contributed by atoms with Crippen LogP contribution < -0.4 is 15.8 Å². The van der Waals surface area contributed by atoms with E-state index in [4.69, 9.17) is 10.5 Å². The number of ether oxygens (including phenoxy) is 1. The lowest BCUT2D eigenvalue weighted by Crippen LogP contribution is -2.24. The Morgan fingerprint density at radius 3 is 2.81 bits per heavy atom. The quantitative estimate of drug-likeness (QED) is 0.720. The molecular weight excluding hydrogens is 202 g/mol. The maximum absolute atomic E-state index is 5.94. The Morgan fingerprint density at radius 2 is 2.19 bits per heavy atom. The molecule has 0 saturated carbocycles. The summed E-state index contributed by atoms with van der Waals surface area (Å²) in [4.78, 5) is 2.24. The van der Waals surface area contributed by atoms with E-state index in [1.165, 1.54) is 0 Å². The smallest absolute Gasteiger partial charge is 0.143 e. The van der Waals surface area contributed by atoms with E-state index in [2.05, 4.69) is 24.2 Å².